The largest absolute Gasteiger partial charge is 0.314 e. The molecule has 1 aliphatic rings. The Balaban J connectivity index is 1.66. The maximum atomic E-state index is 14.1. The maximum Gasteiger partial charge on any atom is 0.269 e. The van der Waals surface area contributed by atoms with Crippen molar-refractivity contribution in [1.82, 2.24) is 4.90 Å². The number of rotatable bonds is 6. The average Bonchev–Trinajstić information content (AvgIpc) is 3.11. The lowest BCUT2D eigenvalue weighted by atomic mass is 10.0. The second-order valence-electron chi connectivity index (χ2n) is 6.90. The van der Waals surface area contributed by atoms with Crippen molar-refractivity contribution in [2.75, 3.05) is 25.0 Å². The Labute approximate surface area is 167 Å². The molecule has 1 atom stereocenters. The highest BCUT2D eigenvalue weighted by molar-refractivity contribution is 6.31. The number of hydrogen-bond acceptors (Lipinski definition) is 4. The van der Waals surface area contributed by atoms with E-state index in [4.69, 9.17) is 11.6 Å². The number of amides is 1. The number of benzene rings is 2. The lowest BCUT2D eigenvalue weighted by Gasteiger charge is -2.27. The number of likely N-dealkylation sites (N-methyl/N-ethyl adjacent to an activating group) is 1. The molecule has 0 aromatic heterocycles. The van der Waals surface area contributed by atoms with Gasteiger partial charge in [0.2, 0.25) is 5.91 Å². The summed E-state index contributed by atoms with van der Waals surface area (Å²) in [6.45, 7) is 0.959. The highest BCUT2D eigenvalue weighted by atomic mass is 35.5. The maximum absolute atomic E-state index is 14.1. The van der Waals surface area contributed by atoms with E-state index in [9.17, 15) is 19.3 Å². The number of likely N-dealkylation sites (tertiary alicyclic amines) is 1. The SMILES string of the molecule is CN(C(=O)CN1CCC[C@@H]1Cc1c(F)cccc1Cl)c1ccc([N+](=O)[O-])cc1. The van der Waals surface area contributed by atoms with Crippen LogP contribution in [-0.4, -0.2) is 41.9 Å². The number of halogens is 2. The van der Waals surface area contributed by atoms with Gasteiger partial charge >= 0.3 is 0 Å². The molecule has 0 bridgehead atoms. The second kappa shape index (κ2) is 8.67. The van der Waals surface area contributed by atoms with Crippen LogP contribution in [0.2, 0.25) is 5.02 Å². The van der Waals surface area contributed by atoms with Crippen LogP contribution in [0.3, 0.4) is 0 Å². The number of carbonyl (C=O) groups is 1. The number of nitrogens with zero attached hydrogens (tertiary/aromatic N) is 3. The van der Waals surface area contributed by atoms with Crippen LogP contribution in [0.25, 0.3) is 0 Å². The van der Waals surface area contributed by atoms with Gasteiger partial charge in [0, 0.05) is 41.5 Å². The van der Waals surface area contributed by atoms with E-state index in [1.807, 2.05) is 4.90 Å². The van der Waals surface area contributed by atoms with Crippen LogP contribution in [0.5, 0.6) is 0 Å². The third kappa shape index (κ3) is 4.48. The van der Waals surface area contributed by atoms with Gasteiger partial charge in [-0.3, -0.25) is 19.8 Å². The molecule has 3 rings (SSSR count). The lowest BCUT2D eigenvalue weighted by Crippen LogP contribution is -2.41. The van der Waals surface area contributed by atoms with Gasteiger partial charge in [0.25, 0.3) is 5.69 Å². The predicted octanol–water partition coefficient (Wildman–Crippen LogP) is 4.06. The summed E-state index contributed by atoms with van der Waals surface area (Å²) in [5.74, 6) is -0.450. The fraction of sp³-hybridized carbons (Fsp3) is 0.350. The number of carbonyl (C=O) groups excluding carboxylic acids is 1. The van der Waals surface area contributed by atoms with Crippen LogP contribution in [0, 0.1) is 15.9 Å². The third-order valence-corrected chi connectivity index (χ3v) is 5.51. The van der Waals surface area contributed by atoms with Gasteiger partial charge in [-0.05, 0) is 50.1 Å². The fourth-order valence-electron chi connectivity index (χ4n) is 3.52. The Hall–Kier alpha value is -2.51. The molecule has 2 aromatic carbocycles. The molecule has 1 amide bonds. The molecule has 0 aliphatic carbocycles. The minimum absolute atomic E-state index is 0.0222. The van der Waals surface area contributed by atoms with E-state index in [1.54, 1.807) is 31.3 Å². The van der Waals surface area contributed by atoms with Crippen molar-refractivity contribution >= 4 is 28.9 Å². The van der Waals surface area contributed by atoms with Crippen LogP contribution in [0.1, 0.15) is 18.4 Å². The van der Waals surface area contributed by atoms with Crippen molar-refractivity contribution < 1.29 is 14.1 Å². The summed E-state index contributed by atoms with van der Waals surface area (Å²) < 4.78 is 14.1. The van der Waals surface area contributed by atoms with Crippen LogP contribution < -0.4 is 4.90 Å². The molecule has 0 radical (unpaired) electrons. The topological polar surface area (TPSA) is 66.7 Å². The number of nitro benzene ring substituents is 1. The lowest BCUT2D eigenvalue weighted by molar-refractivity contribution is -0.384. The molecule has 1 fully saturated rings. The van der Waals surface area contributed by atoms with Gasteiger partial charge in [0.15, 0.2) is 0 Å². The van der Waals surface area contributed by atoms with Crippen LogP contribution in [0.4, 0.5) is 15.8 Å². The van der Waals surface area contributed by atoms with Crippen molar-refractivity contribution in [2.45, 2.75) is 25.3 Å². The number of nitro groups is 1. The van der Waals surface area contributed by atoms with Gasteiger partial charge in [-0.25, -0.2) is 4.39 Å². The van der Waals surface area contributed by atoms with Gasteiger partial charge in [0.1, 0.15) is 5.82 Å². The van der Waals surface area contributed by atoms with E-state index >= 15 is 0 Å². The number of anilines is 1. The summed E-state index contributed by atoms with van der Waals surface area (Å²) in [6, 6.07) is 10.5. The Morgan fingerprint density at radius 1 is 1.32 bits per heavy atom. The highest BCUT2D eigenvalue weighted by Gasteiger charge is 2.29. The molecule has 1 saturated heterocycles. The molecule has 1 heterocycles. The van der Waals surface area contributed by atoms with Crippen molar-refractivity contribution in [1.29, 1.82) is 0 Å². The number of hydrogen-bond donors (Lipinski definition) is 0. The fourth-order valence-corrected chi connectivity index (χ4v) is 3.76. The Kier molecular flexibility index (Phi) is 6.26. The Bertz CT molecular complexity index is 855. The predicted molar refractivity (Wildman–Crippen MR) is 106 cm³/mol. The zero-order valence-electron chi connectivity index (χ0n) is 15.5. The summed E-state index contributed by atoms with van der Waals surface area (Å²) in [7, 11) is 1.64. The molecule has 0 N–H and O–H groups in total. The molecule has 6 nitrogen and oxygen atoms in total. The van der Waals surface area contributed by atoms with Crippen molar-refractivity contribution in [3.05, 3.63) is 69.0 Å². The van der Waals surface area contributed by atoms with Crippen molar-refractivity contribution in [2.24, 2.45) is 0 Å². The monoisotopic (exact) mass is 405 g/mol. The summed E-state index contributed by atoms with van der Waals surface area (Å²) in [5, 5.41) is 11.2. The van der Waals surface area contributed by atoms with Crippen LogP contribution in [-0.2, 0) is 11.2 Å². The summed E-state index contributed by atoms with van der Waals surface area (Å²) in [6.07, 6.45) is 2.27. The first-order valence-corrected chi connectivity index (χ1v) is 9.42. The molecular weight excluding hydrogens is 385 g/mol. The minimum Gasteiger partial charge on any atom is -0.314 e. The zero-order valence-corrected chi connectivity index (χ0v) is 16.2. The van der Waals surface area contributed by atoms with Gasteiger partial charge in [-0.15, -0.1) is 0 Å². The highest BCUT2D eigenvalue weighted by Crippen LogP contribution is 2.27. The molecule has 148 valence electrons. The molecule has 1 aliphatic heterocycles. The molecule has 0 spiro atoms. The van der Waals surface area contributed by atoms with E-state index in [2.05, 4.69) is 0 Å². The molecule has 2 aromatic rings. The van der Waals surface area contributed by atoms with E-state index in [0.29, 0.717) is 22.7 Å². The average molecular weight is 406 g/mol. The molecule has 0 unspecified atom stereocenters. The van der Waals surface area contributed by atoms with Gasteiger partial charge < -0.3 is 4.90 Å². The molecule has 28 heavy (non-hydrogen) atoms. The summed E-state index contributed by atoms with van der Waals surface area (Å²) >= 11 is 6.15. The van der Waals surface area contributed by atoms with Gasteiger partial charge in [0.05, 0.1) is 11.5 Å². The second-order valence-corrected chi connectivity index (χ2v) is 7.30. The normalized spacial score (nSPS) is 16.9. The first-order chi connectivity index (χ1) is 13.4. The first-order valence-electron chi connectivity index (χ1n) is 9.04. The summed E-state index contributed by atoms with van der Waals surface area (Å²) in [4.78, 5) is 26.5. The van der Waals surface area contributed by atoms with E-state index in [0.717, 1.165) is 19.4 Å². The molecule has 8 heteroatoms. The summed E-state index contributed by atoms with van der Waals surface area (Å²) in [5.41, 5.74) is 1.05. The third-order valence-electron chi connectivity index (χ3n) is 5.16. The van der Waals surface area contributed by atoms with Crippen LogP contribution >= 0.6 is 11.6 Å². The smallest absolute Gasteiger partial charge is 0.269 e. The zero-order chi connectivity index (χ0) is 20.3. The van der Waals surface area contributed by atoms with Gasteiger partial charge in [-0.1, -0.05) is 17.7 Å². The van der Waals surface area contributed by atoms with Crippen molar-refractivity contribution in [3.63, 3.8) is 0 Å². The van der Waals surface area contributed by atoms with E-state index < -0.39 is 4.92 Å². The van der Waals surface area contributed by atoms with Crippen molar-refractivity contribution in [3.8, 4) is 0 Å². The van der Waals surface area contributed by atoms with Crippen LogP contribution in [0.15, 0.2) is 42.5 Å². The van der Waals surface area contributed by atoms with Gasteiger partial charge in [-0.2, -0.15) is 0 Å². The first kappa shape index (κ1) is 20.2. The van der Waals surface area contributed by atoms with E-state index in [-0.39, 0.29) is 30.0 Å². The minimum atomic E-state index is -0.478. The quantitative estimate of drug-likeness (QED) is 0.537. The molecule has 0 saturated carbocycles. The standard InChI is InChI=1S/C20H21ClFN3O3/c1-23(14-7-9-15(10-8-14)25(27)28)20(26)13-24-11-3-4-16(24)12-17-18(21)5-2-6-19(17)22/h2,5-10,16H,3-4,11-13H2,1H3/t16-/m1/s1. The Morgan fingerprint density at radius 3 is 2.68 bits per heavy atom. The Morgan fingerprint density at radius 2 is 2.04 bits per heavy atom. The number of non-ortho nitro benzene ring substituents is 1. The van der Waals surface area contributed by atoms with E-state index in [1.165, 1.54) is 23.1 Å². The molecular formula is C20H21ClFN3O3.